The SMILES string of the molecule is CC(=O)Oc1c(Cc2ccc(C)o2)nc2c(Cc3ccccc3Cl)nc(-c3ccccc3)cn12.CCc1ccc(Cc2nc3c(Cc4cccc(F)c4)nc(-c4ccccc4)cn3c2OC(C)=O)o1. The standard InChI is InChI=1S/C28H24FN3O3.C27H22ClN3O3/c1-3-22-12-13-23(35-22)16-25-28(34-18(2)33)32-17-26(20-9-5-4-6-10-20)30-24(27(32)31-25)15-19-8-7-11-21(29)14-19;1-17-12-13-21(33-17)15-24-27(34-18(2)32)31-16-25(19-8-4-3-5-9-19)29-23(26(31)30-24)14-20-10-6-7-11-22(20)28/h4-14,17H,3,15-16H2,1-2H3;3-13,16H,14-15H2,1-2H3. The van der Waals surface area contributed by atoms with E-state index in [4.69, 9.17) is 49.8 Å². The quantitative estimate of drug-likeness (QED) is 0.103. The molecule has 0 fully saturated rings. The summed E-state index contributed by atoms with van der Waals surface area (Å²) in [5.74, 6) is 2.62. The van der Waals surface area contributed by atoms with Crippen LogP contribution in [0.5, 0.6) is 11.8 Å². The van der Waals surface area contributed by atoms with Crippen molar-refractivity contribution >= 4 is 34.8 Å². The fraction of sp³-hybridized carbons (Fsp3) is 0.164. The molecule has 69 heavy (non-hydrogen) atoms. The van der Waals surface area contributed by atoms with E-state index in [1.165, 1.54) is 26.0 Å². The number of carbonyl (C=O) groups excluding carboxylic acids is 2. The highest BCUT2D eigenvalue weighted by molar-refractivity contribution is 6.31. The normalized spacial score (nSPS) is 11.2. The second-order valence-electron chi connectivity index (χ2n) is 16.3. The molecule has 14 heteroatoms. The highest BCUT2D eigenvalue weighted by Crippen LogP contribution is 2.32. The number of aryl methyl sites for hydroxylation is 2. The van der Waals surface area contributed by atoms with Crippen molar-refractivity contribution in [2.45, 2.75) is 59.8 Å². The van der Waals surface area contributed by atoms with Gasteiger partial charge in [0, 0.05) is 61.7 Å². The van der Waals surface area contributed by atoms with Gasteiger partial charge < -0.3 is 18.3 Å². The lowest BCUT2D eigenvalue weighted by atomic mass is 10.1. The second kappa shape index (κ2) is 20.4. The number of nitrogens with zero attached hydrogens (tertiary/aromatic N) is 6. The number of furan rings is 2. The molecule has 10 aromatic rings. The first-order valence-electron chi connectivity index (χ1n) is 22.4. The number of carbonyl (C=O) groups is 2. The van der Waals surface area contributed by atoms with Gasteiger partial charge in [0.15, 0.2) is 11.3 Å². The van der Waals surface area contributed by atoms with Crippen LogP contribution in [0.25, 0.3) is 33.8 Å². The molecule has 0 radical (unpaired) electrons. The third kappa shape index (κ3) is 10.7. The Labute approximate surface area is 402 Å². The highest BCUT2D eigenvalue weighted by atomic mass is 35.5. The van der Waals surface area contributed by atoms with Crippen LogP contribution in [0.3, 0.4) is 0 Å². The Kier molecular flexibility index (Phi) is 13.6. The van der Waals surface area contributed by atoms with Gasteiger partial charge in [-0.1, -0.05) is 110 Å². The molecular formula is C55H46ClFN6O6. The number of rotatable bonds is 13. The molecule has 6 heterocycles. The van der Waals surface area contributed by atoms with Crippen molar-refractivity contribution in [3.63, 3.8) is 0 Å². The molecule has 346 valence electrons. The van der Waals surface area contributed by atoms with Gasteiger partial charge in [-0.25, -0.2) is 24.3 Å². The minimum atomic E-state index is -0.452. The summed E-state index contributed by atoms with van der Waals surface area (Å²) in [7, 11) is 0. The lowest BCUT2D eigenvalue weighted by Gasteiger charge is -2.10. The summed E-state index contributed by atoms with van der Waals surface area (Å²) < 4.78 is 40.4. The maximum atomic E-state index is 13.9. The molecule has 0 N–H and O–H groups in total. The lowest BCUT2D eigenvalue weighted by Crippen LogP contribution is -2.07. The maximum Gasteiger partial charge on any atom is 0.309 e. The van der Waals surface area contributed by atoms with Crippen LogP contribution < -0.4 is 9.47 Å². The lowest BCUT2D eigenvalue weighted by molar-refractivity contribution is -0.133. The molecule has 0 aliphatic heterocycles. The van der Waals surface area contributed by atoms with Crippen LogP contribution in [-0.2, 0) is 41.7 Å². The molecule has 0 unspecified atom stereocenters. The summed E-state index contributed by atoms with van der Waals surface area (Å²) in [5, 5.41) is 0.658. The smallest absolute Gasteiger partial charge is 0.309 e. The molecule has 0 saturated heterocycles. The average Bonchev–Trinajstić information content (AvgIpc) is 4.14. The van der Waals surface area contributed by atoms with Crippen molar-refractivity contribution in [3.8, 4) is 34.3 Å². The summed E-state index contributed by atoms with van der Waals surface area (Å²) in [4.78, 5) is 43.6. The summed E-state index contributed by atoms with van der Waals surface area (Å²) in [6.07, 6.45) is 6.01. The van der Waals surface area contributed by atoms with Crippen molar-refractivity contribution in [2.75, 3.05) is 0 Å². The van der Waals surface area contributed by atoms with Gasteiger partial charge in [0.25, 0.3) is 0 Å². The summed E-state index contributed by atoms with van der Waals surface area (Å²) in [6, 6.07) is 41.3. The Hall–Kier alpha value is -8.16. The average molecular weight is 941 g/mol. The van der Waals surface area contributed by atoms with E-state index in [-0.39, 0.29) is 5.82 Å². The van der Waals surface area contributed by atoms with Gasteiger partial charge in [-0.3, -0.25) is 18.4 Å². The number of benzene rings is 4. The molecule has 6 aromatic heterocycles. The molecule has 0 bridgehead atoms. The van der Waals surface area contributed by atoms with Crippen molar-refractivity contribution in [2.24, 2.45) is 0 Å². The predicted octanol–water partition coefficient (Wildman–Crippen LogP) is 11.9. The molecule has 12 nitrogen and oxygen atoms in total. The zero-order valence-corrected chi connectivity index (χ0v) is 39.0. The van der Waals surface area contributed by atoms with Gasteiger partial charge >= 0.3 is 11.9 Å². The molecule has 10 rings (SSSR count). The van der Waals surface area contributed by atoms with Crippen LogP contribution >= 0.6 is 11.6 Å². The van der Waals surface area contributed by atoms with E-state index in [0.717, 1.165) is 63.1 Å². The highest BCUT2D eigenvalue weighted by Gasteiger charge is 2.24. The van der Waals surface area contributed by atoms with E-state index in [2.05, 4.69) is 0 Å². The maximum absolute atomic E-state index is 13.9. The van der Waals surface area contributed by atoms with E-state index >= 15 is 0 Å². The van der Waals surface area contributed by atoms with Gasteiger partial charge in [0.2, 0.25) is 11.8 Å². The summed E-state index contributed by atoms with van der Waals surface area (Å²) in [5.41, 5.74) is 8.64. The zero-order chi connectivity index (χ0) is 48.0. The number of imidazole rings is 2. The number of hydrogen-bond donors (Lipinski definition) is 0. The van der Waals surface area contributed by atoms with Crippen molar-refractivity contribution in [1.29, 1.82) is 0 Å². The van der Waals surface area contributed by atoms with Crippen molar-refractivity contribution in [1.82, 2.24) is 28.7 Å². The minimum absolute atomic E-state index is 0.313. The Morgan fingerprint density at radius 3 is 1.61 bits per heavy atom. The minimum Gasteiger partial charge on any atom is -0.466 e. The number of halogens is 2. The summed E-state index contributed by atoms with van der Waals surface area (Å²) >= 11 is 6.46. The van der Waals surface area contributed by atoms with E-state index in [0.29, 0.717) is 76.5 Å². The number of aromatic nitrogens is 6. The van der Waals surface area contributed by atoms with Gasteiger partial charge in [-0.05, 0) is 60.5 Å². The fourth-order valence-corrected chi connectivity index (χ4v) is 8.20. The van der Waals surface area contributed by atoms with Crippen LogP contribution in [0.15, 0.2) is 155 Å². The molecule has 0 spiro atoms. The topological polar surface area (TPSA) is 139 Å². The fourth-order valence-electron chi connectivity index (χ4n) is 8.00. The van der Waals surface area contributed by atoms with Gasteiger partial charge in [-0.15, -0.1) is 0 Å². The van der Waals surface area contributed by atoms with E-state index in [1.54, 1.807) is 14.9 Å². The van der Waals surface area contributed by atoms with Crippen molar-refractivity contribution in [3.05, 3.63) is 214 Å². The summed E-state index contributed by atoms with van der Waals surface area (Å²) in [6.45, 7) is 6.65. The Bertz CT molecular complexity index is 3450. The Balaban J connectivity index is 0.000000172. The number of hydrogen-bond acceptors (Lipinski definition) is 10. The Morgan fingerprint density at radius 1 is 0.580 bits per heavy atom. The number of esters is 2. The van der Waals surface area contributed by atoms with Crippen LogP contribution in [-0.4, -0.2) is 40.7 Å². The number of fused-ring (bicyclic) bond motifs is 2. The molecular weight excluding hydrogens is 895 g/mol. The molecule has 0 aliphatic rings. The zero-order valence-electron chi connectivity index (χ0n) is 38.3. The first-order chi connectivity index (χ1) is 33.5. The van der Waals surface area contributed by atoms with Gasteiger partial charge in [0.05, 0.1) is 35.6 Å². The van der Waals surface area contributed by atoms with Gasteiger partial charge in [0.1, 0.15) is 40.2 Å². The van der Waals surface area contributed by atoms with Crippen LogP contribution in [0.1, 0.15) is 77.7 Å². The van der Waals surface area contributed by atoms with E-state index in [1.807, 2.05) is 142 Å². The van der Waals surface area contributed by atoms with E-state index in [9.17, 15) is 14.0 Å². The predicted molar refractivity (Wildman–Crippen MR) is 260 cm³/mol. The van der Waals surface area contributed by atoms with Crippen LogP contribution in [0.4, 0.5) is 4.39 Å². The second-order valence-corrected chi connectivity index (χ2v) is 16.7. The first kappa shape index (κ1) is 46.0. The van der Waals surface area contributed by atoms with Gasteiger partial charge in [-0.2, -0.15) is 0 Å². The monoisotopic (exact) mass is 940 g/mol. The molecule has 0 aliphatic carbocycles. The largest absolute Gasteiger partial charge is 0.466 e. The third-order valence-electron chi connectivity index (χ3n) is 11.1. The van der Waals surface area contributed by atoms with Crippen molar-refractivity contribution < 1.29 is 32.3 Å². The third-order valence-corrected chi connectivity index (χ3v) is 11.5. The molecule has 4 aromatic carbocycles. The molecule has 0 saturated carbocycles. The van der Waals surface area contributed by atoms with Crippen LogP contribution in [0, 0.1) is 12.7 Å². The number of ether oxygens (including phenoxy) is 2. The molecule has 0 atom stereocenters. The Morgan fingerprint density at radius 2 is 1.10 bits per heavy atom. The first-order valence-corrected chi connectivity index (χ1v) is 22.8. The molecule has 0 amide bonds. The van der Waals surface area contributed by atoms with E-state index < -0.39 is 11.9 Å². The van der Waals surface area contributed by atoms with Crippen LogP contribution in [0.2, 0.25) is 5.02 Å².